The molecule has 120 valence electrons. The topological polar surface area (TPSA) is 53.0 Å². The van der Waals surface area contributed by atoms with Crippen LogP contribution in [0.1, 0.15) is 0 Å². The van der Waals surface area contributed by atoms with E-state index in [4.69, 9.17) is 32.7 Å². The van der Waals surface area contributed by atoms with Crippen molar-refractivity contribution >= 4 is 34.6 Å². The Kier molecular flexibility index (Phi) is 2.65. The van der Waals surface area contributed by atoms with Crippen LogP contribution in [0.3, 0.4) is 0 Å². The van der Waals surface area contributed by atoms with Gasteiger partial charge in [-0.2, -0.15) is 0 Å². The number of rotatable bonds is 0. The quantitative estimate of drug-likeness (QED) is 0.422. The molecule has 0 N–H and O–H groups in total. The van der Waals surface area contributed by atoms with Gasteiger partial charge in [0, 0.05) is 26.5 Å². The molecule has 3 aromatic rings. The Hall–Kier alpha value is -2.44. The number of hydrogen-bond acceptors (Lipinski definition) is 4. The van der Waals surface area contributed by atoms with Gasteiger partial charge >= 0.3 is 0 Å². The largest absolute Gasteiger partial charge is 0.435 e. The summed E-state index contributed by atoms with van der Waals surface area (Å²) in [6, 6.07) is 3.70. The van der Waals surface area contributed by atoms with Gasteiger partial charge in [-0.25, -0.2) is 9.98 Å². The van der Waals surface area contributed by atoms with Crippen molar-refractivity contribution in [1.82, 2.24) is 9.13 Å². The van der Waals surface area contributed by atoms with E-state index in [2.05, 4.69) is 9.98 Å². The highest BCUT2D eigenvalue weighted by Crippen LogP contribution is 2.42. The molecule has 2 aliphatic rings. The first-order valence-electron chi connectivity index (χ1n) is 7.19. The summed E-state index contributed by atoms with van der Waals surface area (Å²) in [5, 5.41) is 1.56. The first-order valence-corrected chi connectivity index (χ1v) is 7.95. The average molecular weight is 361 g/mol. The van der Waals surface area contributed by atoms with Crippen molar-refractivity contribution in [2.45, 2.75) is 0 Å². The van der Waals surface area contributed by atoms with E-state index in [9.17, 15) is 0 Å². The van der Waals surface area contributed by atoms with Gasteiger partial charge in [-0.15, -0.1) is 0 Å². The molecule has 24 heavy (non-hydrogen) atoms. The smallest absolute Gasteiger partial charge is 0.225 e. The van der Waals surface area contributed by atoms with Gasteiger partial charge in [-0.1, -0.05) is 23.2 Å². The predicted octanol–water partition coefficient (Wildman–Crippen LogP) is 3.78. The molecule has 5 rings (SSSR count). The molecule has 2 aliphatic heterocycles. The second kappa shape index (κ2) is 4.55. The summed E-state index contributed by atoms with van der Waals surface area (Å²) in [5.41, 5.74) is 1.38. The van der Waals surface area contributed by atoms with Gasteiger partial charge in [0.15, 0.2) is 11.5 Å². The van der Waals surface area contributed by atoms with Gasteiger partial charge in [-0.05, 0) is 12.1 Å². The summed E-state index contributed by atoms with van der Waals surface area (Å²) in [6.45, 7) is 0. The van der Waals surface area contributed by atoms with Gasteiger partial charge in [0.1, 0.15) is 32.1 Å². The molecule has 0 radical (unpaired) electrons. The van der Waals surface area contributed by atoms with E-state index in [1.807, 2.05) is 47.8 Å². The van der Waals surface area contributed by atoms with Crippen molar-refractivity contribution < 1.29 is 9.47 Å². The van der Waals surface area contributed by atoms with E-state index in [1.165, 1.54) is 0 Å². The number of ether oxygens (including phenoxy) is 2. The van der Waals surface area contributed by atoms with Crippen LogP contribution in [0, 0.1) is 0 Å². The Bertz CT molecular complexity index is 1070. The molecule has 0 saturated carbocycles. The first-order chi connectivity index (χ1) is 11.5. The first kappa shape index (κ1) is 13.9. The molecule has 8 heteroatoms. The summed E-state index contributed by atoms with van der Waals surface area (Å²) in [7, 11) is 3.74. The van der Waals surface area contributed by atoms with Crippen molar-refractivity contribution in [2.24, 2.45) is 24.1 Å². The molecule has 0 fully saturated rings. The number of hydrogen-bond donors (Lipinski definition) is 0. The second-order valence-corrected chi connectivity index (χ2v) is 6.40. The highest BCUT2D eigenvalue weighted by atomic mass is 35.5. The molecular formula is C16H10Cl2N4O2. The summed E-state index contributed by atoms with van der Waals surface area (Å²) in [6.07, 6.45) is 3.72. The molecule has 0 aliphatic carbocycles. The number of halogens is 2. The van der Waals surface area contributed by atoms with E-state index in [0.29, 0.717) is 55.4 Å². The van der Waals surface area contributed by atoms with Crippen molar-refractivity contribution in [2.75, 3.05) is 0 Å². The Morgan fingerprint density at radius 1 is 0.792 bits per heavy atom. The average Bonchev–Trinajstić information content (AvgIpc) is 3.13. The van der Waals surface area contributed by atoms with Crippen molar-refractivity contribution in [3.05, 3.63) is 45.3 Å². The monoisotopic (exact) mass is 360 g/mol. The molecule has 1 aromatic carbocycles. The fourth-order valence-electron chi connectivity index (χ4n) is 2.87. The van der Waals surface area contributed by atoms with Crippen LogP contribution in [-0.4, -0.2) is 9.13 Å². The maximum Gasteiger partial charge on any atom is 0.225 e. The highest BCUT2D eigenvalue weighted by Gasteiger charge is 2.28. The normalized spacial score (nSPS) is 13.5. The Morgan fingerprint density at radius 3 is 1.62 bits per heavy atom. The number of nitrogens with zero attached hydrogens (tertiary/aromatic N) is 4. The van der Waals surface area contributed by atoms with Crippen LogP contribution in [-0.2, 0) is 14.1 Å². The third-order valence-electron chi connectivity index (χ3n) is 4.10. The zero-order valence-electron chi connectivity index (χ0n) is 12.7. The lowest BCUT2D eigenvalue weighted by Gasteiger charge is -2.19. The van der Waals surface area contributed by atoms with E-state index < -0.39 is 0 Å². The molecule has 0 spiro atoms. The fraction of sp³-hybridized carbons (Fsp3) is 0.125. The van der Waals surface area contributed by atoms with E-state index in [-0.39, 0.29) is 0 Å². The van der Waals surface area contributed by atoms with Crippen LogP contribution in [0.4, 0.5) is 11.4 Å². The summed E-state index contributed by atoms with van der Waals surface area (Å²) in [5.74, 6) is 2.00. The lowest BCUT2D eigenvalue weighted by atomic mass is 10.2. The summed E-state index contributed by atoms with van der Waals surface area (Å²) < 4.78 is 15.6. The molecule has 4 heterocycles. The molecular weight excluding hydrogens is 351 g/mol. The third kappa shape index (κ3) is 1.67. The minimum absolute atomic E-state index is 0.328. The Morgan fingerprint density at radius 2 is 1.21 bits per heavy atom. The van der Waals surface area contributed by atoms with Crippen LogP contribution in [0.25, 0.3) is 0 Å². The highest BCUT2D eigenvalue weighted by molar-refractivity contribution is 6.35. The Balaban J connectivity index is 1.87. The molecule has 6 nitrogen and oxygen atoms in total. The summed E-state index contributed by atoms with van der Waals surface area (Å²) >= 11 is 13.1. The van der Waals surface area contributed by atoms with Crippen molar-refractivity contribution in [3.8, 4) is 23.3 Å². The van der Waals surface area contributed by atoms with Crippen LogP contribution >= 0.6 is 23.2 Å². The van der Waals surface area contributed by atoms with Gasteiger partial charge in [0.05, 0.1) is 0 Å². The standard InChI is InChI=1S/C16H10Cl2N4O2/c1-21-5-3-7-15(21)23-13-9(17)12-14(10(18)11(13)19-7)24-16-8(20-12)4-6-22(16)2/h3-6H,1-2H3. The summed E-state index contributed by atoms with van der Waals surface area (Å²) in [4.78, 5) is 9.15. The molecule has 0 atom stereocenters. The zero-order chi connectivity index (χ0) is 16.6. The van der Waals surface area contributed by atoms with Gasteiger partial charge in [0.25, 0.3) is 0 Å². The van der Waals surface area contributed by atoms with Gasteiger partial charge < -0.3 is 18.6 Å². The van der Waals surface area contributed by atoms with Crippen molar-refractivity contribution in [3.63, 3.8) is 0 Å². The minimum atomic E-state index is 0.328. The van der Waals surface area contributed by atoms with Gasteiger partial charge in [-0.3, -0.25) is 0 Å². The predicted molar refractivity (Wildman–Crippen MR) is 89.1 cm³/mol. The number of fused-ring (bicyclic) bond motifs is 4. The molecule has 0 bridgehead atoms. The van der Waals surface area contributed by atoms with Crippen molar-refractivity contribution in [1.29, 1.82) is 0 Å². The fourth-order valence-corrected chi connectivity index (χ4v) is 3.38. The van der Waals surface area contributed by atoms with Crippen LogP contribution in [0.2, 0.25) is 10.0 Å². The molecule has 2 aromatic heterocycles. The van der Waals surface area contributed by atoms with Crippen LogP contribution in [0.15, 0.2) is 34.5 Å². The lowest BCUT2D eigenvalue weighted by Crippen LogP contribution is -2.22. The molecule has 0 saturated heterocycles. The van der Waals surface area contributed by atoms with E-state index >= 15 is 0 Å². The maximum atomic E-state index is 6.54. The van der Waals surface area contributed by atoms with Crippen LogP contribution in [0.5, 0.6) is 23.3 Å². The lowest BCUT2D eigenvalue weighted by molar-refractivity contribution is 0.416. The van der Waals surface area contributed by atoms with Gasteiger partial charge in [0.2, 0.25) is 11.8 Å². The van der Waals surface area contributed by atoms with E-state index in [0.717, 1.165) is 0 Å². The number of benzene rings is 1. The van der Waals surface area contributed by atoms with E-state index in [1.54, 1.807) is 0 Å². The minimum Gasteiger partial charge on any atom is -0.435 e. The maximum absolute atomic E-state index is 6.54. The molecule has 0 amide bonds. The molecule has 0 unspecified atom stereocenters. The number of aryl methyl sites for hydroxylation is 2. The number of aromatic nitrogens is 2. The zero-order valence-corrected chi connectivity index (χ0v) is 14.2. The third-order valence-corrected chi connectivity index (χ3v) is 4.80. The second-order valence-electron chi connectivity index (χ2n) is 5.65. The SMILES string of the molecule is Cn1ccc2c1Oc1c(Cl)c3c(c(Cl)c1=N2)Oc1c(ccn1C)N=3. The Labute approximate surface area is 146 Å². The van der Waals surface area contributed by atoms with Crippen LogP contribution < -0.4 is 20.2 Å².